The van der Waals surface area contributed by atoms with Gasteiger partial charge in [-0.15, -0.1) is 0 Å². The highest BCUT2D eigenvalue weighted by Gasteiger charge is 2.24. The predicted octanol–water partition coefficient (Wildman–Crippen LogP) is 3.45. The summed E-state index contributed by atoms with van der Waals surface area (Å²) in [6.07, 6.45) is 2.26. The molecule has 2 aromatic rings. The number of amides is 1. The molecule has 1 amide bonds. The molecule has 1 aliphatic rings. The lowest BCUT2D eigenvalue weighted by molar-refractivity contribution is -0.133. The first kappa shape index (κ1) is 19.2. The van der Waals surface area contributed by atoms with Gasteiger partial charge in [-0.25, -0.2) is 0 Å². The Morgan fingerprint density at radius 2 is 1.78 bits per heavy atom. The number of carbonyl (C=O) groups is 1. The van der Waals surface area contributed by atoms with Crippen molar-refractivity contribution in [2.45, 2.75) is 32.0 Å². The fourth-order valence-corrected chi connectivity index (χ4v) is 3.35. The Morgan fingerprint density at radius 1 is 1.04 bits per heavy atom. The third kappa shape index (κ3) is 5.23. The molecule has 0 saturated carbocycles. The second-order valence-corrected chi connectivity index (χ2v) is 6.73. The zero-order chi connectivity index (χ0) is 19.1. The van der Waals surface area contributed by atoms with Crippen LogP contribution >= 0.6 is 0 Å². The Kier molecular flexibility index (Phi) is 6.71. The van der Waals surface area contributed by atoms with Crippen LogP contribution in [0.15, 0.2) is 48.5 Å². The third-order valence-electron chi connectivity index (χ3n) is 4.95. The maximum atomic E-state index is 12.7. The summed E-state index contributed by atoms with van der Waals surface area (Å²) < 4.78 is 16.6. The zero-order valence-electron chi connectivity index (χ0n) is 16.0. The summed E-state index contributed by atoms with van der Waals surface area (Å²) in [6, 6.07) is 15.7. The SMILES string of the molecule is COc1ccc(OC)c(CC(=O)N2CCC(OCc3ccccc3)CC2)c1. The number of hydrogen-bond acceptors (Lipinski definition) is 4. The van der Waals surface area contributed by atoms with Crippen LogP contribution in [-0.2, 0) is 22.6 Å². The second kappa shape index (κ2) is 9.42. The van der Waals surface area contributed by atoms with Gasteiger partial charge in [-0.2, -0.15) is 0 Å². The van der Waals surface area contributed by atoms with Crippen molar-refractivity contribution in [1.29, 1.82) is 0 Å². The molecule has 0 N–H and O–H groups in total. The van der Waals surface area contributed by atoms with E-state index in [1.54, 1.807) is 14.2 Å². The molecular weight excluding hydrogens is 342 g/mol. The summed E-state index contributed by atoms with van der Waals surface area (Å²) in [5.74, 6) is 1.56. The van der Waals surface area contributed by atoms with Crippen molar-refractivity contribution in [2.75, 3.05) is 27.3 Å². The van der Waals surface area contributed by atoms with Crippen molar-refractivity contribution in [1.82, 2.24) is 4.90 Å². The molecule has 2 aromatic carbocycles. The van der Waals surface area contributed by atoms with Gasteiger partial charge in [0, 0.05) is 18.7 Å². The minimum Gasteiger partial charge on any atom is -0.497 e. The first-order valence-corrected chi connectivity index (χ1v) is 9.34. The second-order valence-electron chi connectivity index (χ2n) is 6.73. The van der Waals surface area contributed by atoms with Crippen molar-refractivity contribution >= 4 is 5.91 Å². The van der Waals surface area contributed by atoms with Crippen molar-refractivity contribution in [2.24, 2.45) is 0 Å². The Balaban J connectivity index is 1.50. The van der Waals surface area contributed by atoms with Crippen LogP contribution in [0.3, 0.4) is 0 Å². The summed E-state index contributed by atoms with van der Waals surface area (Å²) in [5, 5.41) is 0. The van der Waals surface area contributed by atoms with E-state index in [0.29, 0.717) is 18.8 Å². The fourth-order valence-electron chi connectivity index (χ4n) is 3.35. The van der Waals surface area contributed by atoms with Crippen molar-refractivity contribution < 1.29 is 19.0 Å². The Labute approximate surface area is 160 Å². The molecule has 1 saturated heterocycles. The molecule has 5 heteroatoms. The number of methoxy groups -OCH3 is 2. The lowest BCUT2D eigenvalue weighted by Gasteiger charge is -2.32. The monoisotopic (exact) mass is 369 g/mol. The van der Waals surface area contributed by atoms with Crippen LogP contribution < -0.4 is 9.47 Å². The van der Waals surface area contributed by atoms with Crippen LogP contribution in [0.2, 0.25) is 0 Å². The molecule has 0 radical (unpaired) electrons. The molecule has 0 atom stereocenters. The van der Waals surface area contributed by atoms with E-state index in [1.165, 1.54) is 5.56 Å². The molecule has 0 spiro atoms. The van der Waals surface area contributed by atoms with E-state index < -0.39 is 0 Å². The van der Waals surface area contributed by atoms with Gasteiger partial charge in [0.25, 0.3) is 0 Å². The standard InChI is InChI=1S/C22H27NO4/c1-25-20-8-9-21(26-2)18(14-20)15-22(24)23-12-10-19(11-13-23)27-16-17-6-4-3-5-7-17/h3-9,14,19H,10-13,15-16H2,1-2H3. The topological polar surface area (TPSA) is 48.0 Å². The number of rotatable bonds is 7. The first-order chi connectivity index (χ1) is 13.2. The molecule has 1 aliphatic heterocycles. The molecular formula is C22H27NO4. The predicted molar refractivity (Wildman–Crippen MR) is 104 cm³/mol. The fraction of sp³-hybridized carbons (Fsp3) is 0.409. The van der Waals surface area contributed by atoms with E-state index >= 15 is 0 Å². The average molecular weight is 369 g/mol. The molecule has 0 aromatic heterocycles. The summed E-state index contributed by atoms with van der Waals surface area (Å²) >= 11 is 0. The van der Waals surface area contributed by atoms with Crippen LogP contribution in [0, 0.1) is 0 Å². The number of carbonyl (C=O) groups excluding carboxylic acids is 1. The number of piperidine rings is 1. The maximum absolute atomic E-state index is 12.7. The molecule has 0 aliphatic carbocycles. The quantitative estimate of drug-likeness (QED) is 0.750. The highest BCUT2D eigenvalue weighted by atomic mass is 16.5. The summed E-state index contributed by atoms with van der Waals surface area (Å²) in [5.41, 5.74) is 2.03. The van der Waals surface area contributed by atoms with Crippen molar-refractivity contribution in [3.8, 4) is 11.5 Å². The lowest BCUT2D eigenvalue weighted by atomic mass is 10.0. The zero-order valence-corrected chi connectivity index (χ0v) is 16.0. The Hall–Kier alpha value is -2.53. The van der Waals surface area contributed by atoms with Gasteiger partial charge in [0.15, 0.2) is 0 Å². The molecule has 0 bridgehead atoms. The molecule has 3 rings (SSSR count). The number of nitrogens with zero attached hydrogens (tertiary/aromatic N) is 1. The van der Waals surface area contributed by atoms with E-state index in [1.807, 2.05) is 41.3 Å². The van der Waals surface area contributed by atoms with Crippen LogP contribution in [0.5, 0.6) is 11.5 Å². The Bertz CT molecular complexity index is 739. The highest BCUT2D eigenvalue weighted by molar-refractivity contribution is 5.79. The van der Waals surface area contributed by atoms with Crippen molar-refractivity contribution in [3.63, 3.8) is 0 Å². The summed E-state index contributed by atoms with van der Waals surface area (Å²) in [4.78, 5) is 14.6. The highest BCUT2D eigenvalue weighted by Crippen LogP contribution is 2.25. The smallest absolute Gasteiger partial charge is 0.227 e. The van der Waals surface area contributed by atoms with Gasteiger partial charge in [-0.05, 0) is 36.6 Å². The van der Waals surface area contributed by atoms with Crippen LogP contribution in [-0.4, -0.2) is 44.2 Å². The number of hydrogen-bond donors (Lipinski definition) is 0. The summed E-state index contributed by atoms with van der Waals surface area (Å²) in [6.45, 7) is 2.08. The minimum atomic E-state index is 0.114. The molecule has 0 unspecified atom stereocenters. The van der Waals surface area contributed by atoms with Gasteiger partial charge in [-0.1, -0.05) is 30.3 Å². The largest absolute Gasteiger partial charge is 0.497 e. The molecule has 27 heavy (non-hydrogen) atoms. The van der Waals surface area contributed by atoms with E-state index in [9.17, 15) is 4.79 Å². The molecule has 1 fully saturated rings. The average Bonchev–Trinajstić information content (AvgIpc) is 2.73. The van der Waals surface area contributed by atoms with Crippen LogP contribution in [0.25, 0.3) is 0 Å². The van der Waals surface area contributed by atoms with E-state index in [-0.39, 0.29) is 12.0 Å². The summed E-state index contributed by atoms with van der Waals surface area (Å²) in [7, 11) is 3.24. The number of likely N-dealkylation sites (tertiary alicyclic amines) is 1. The van der Waals surface area contributed by atoms with Crippen LogP contribution in [0.1, 0.15) is 24.0 Å². The van der Waals surface area contributed by atoms with E-state index in [0.717, 1.165) is 37.2 Å². The lowest BCUT2D eigenvalue weighted by Crippen LogP contribution is -2.41. The Morgan fingerprint density at radius 3 is 2.44 bits per heavy atom. The van der Waals surface area contributed by atoms with Gasteiger partial charge in [0.05, 0.1) is 33.4 Å². The third-order valence-corrected chi connectivity index (χ3v) is 4.95. The normalized spacial score (nSPS) is 14.8. The molecule has 144 valence electrons. The van der Waals surface area contributed by atoms with Gasteiger partial charge >= 0.3 is 0 Å². The molecule has 5 nitrogen and oxygen atoms in total. The minimum absolute atomic E-state index is 0.114. The number of ether oxygens (including phenoxy) is 3. The van der Waals surface area contributed by atoms with Gasteiger partial charge < -0.3 is 19.1 Å². The number of benzene rings is 2. The maximum Gasteiger partial charge on any atom is 0.227 e. The van der Waals surface area contributed by atoms with Gasteiger partial charge in [0.2, 0.25) is 5.91 Å². The van der Waals surface area contributed by atoms with Gasteiger partial charge in [0.1, 0.15) is 11.5 Å². The molecule has 1 heterocycles. The van der Waals surface area contributed by atoms with Gasteiger partial charge in [-0.3, -0.25) is 4.79 Å². The van der Waals surface area contributed by atoms with E-state index in [2.05, 4.69) is 12.1 Å². The van der Waals surface area contributed by atoms with Crippen molar-refractivity contribution in [3.05, 3.63) is 59.7 Å². The first-order valence-electron chi connectivity index (χ1n) is 9.34. The van der Waals surface area contributed by atoms with Crippen LogP contribution in [0.4, 0.5) is 0 Å². The van der Waals surface area contributed by atoms with E-state index in [4.69, 9.17) is 14.2 Å².